The summed E-state index contributed by atoms with van der Waals surface area (Å²) in [6.07, 6.45) is 0. The first-order valence-corrected chi connectivity index (χ1v) is 8.72. The molecule has 0 saturated heterocycles. The van der Waals surface area contributed by atoms with Gasteiger partial charge in [0.25, 0.3) is 5.91 Å². The maximum Gasteiger partial charge on any atom is 0.322 e. The molecule has 2 N–H and O–H groups in total. The van der Waals surface area contributed by atoms with Crippen LogP contribution in [-0.2, 0) is 11.3 Å². The lowest BCUT2D eigenvalue weighted by Gasteiger charge is -2.33. The van der Waals surface area contributed by atoms with E-state index in [0.717, 1.165) is 11.1 Å². The zero-order valence-corrected chi connectivity index (χ0v) is 15.7. The fourth-order valence-corrected chi connectivity index (χ4v) is 3.05. The average molecular weight is 365 g/mol. The molecule has 0 saturated carbocycles. The van der Waals surface area contributed by atoms with E-state index in [0.29, 0.717) is 23.6 Å². The van der Waals surface area contributed by atoms with Gasteiger partial charge in [-0.2, -0.15) is 0 Å². The summed E-state index contributed by atoms with van der Waals surface area (Å²) in [5.41, 5.74) is 2.99. The number of hydrogen-bond donors (Lipinski definition) is 2. The zero-order valence-electron chi connectivity index (χ0n) is 15.7. The number of hydrogen-bond acceptors (Lipinski definition) is 3. The van der Waals surface area contributed by atoms with Crippen molar-refractivity contribution in [3.05, 3.63) is 77.0 Å². The largest absolute Gasteiger partial charge is 0.497 e. The monoisotopic (exact) mass is 365 g/mol. The predicted molar refractivity (Wildman–Crippen MR) is 103 cm³/mol. The average Bonchev–Trinajstić information content (AvgIpc) is 2.71. The Labute approximate surface area is 158 Å². The van der Waals surface area contributed by atoms with Gasteiger partial charge in [-0.25, -0.2) is 4.79 Å². The Bertz CT molecular complexity index is 860. The highest BCUT2D eigenvalue weighted by molar-refractivity contribution is 5.98. The van der Waals surface area contributed by atoms with Crippen LogP contribution in [-0.4, -0.2) is 31.0 Å². The Morgan fingerprint density at radius 1 is 1.15 bits per heavy atom. The molecule has 0 spiro atoms. The summed E-state index contributed by atoms with van der Waals surface area (Å²) >= 11 is 0. The number of carbonyl (C=O) groups excluding carboxylic acids is 2. The molecule has 0 fully saturated rings. The van der Waals surface area contributed by atoms with Crippen molar-refractivity contribution in [2.75, 3.05) is 14.2 Å². The molecule has 1 unspecified atom stereocenters. The van der Waals surface area contributed by atoms with Crippen LogP contribution in [0.5, 0.6) is 5.75 Å². The highest BCUT2D eigenvalue weighted by Crippen LogP contribution is 2.30. The van der Waals surface area contributed by atoms with E-state index >= 15 is 0 Å². The lowest BCUT2D eigenvalue weighted by molar-refractivity contribution is -0.118. The van der Waals surface area contributed by atoms with Gasteiger partial charge in [0.1, 0.15) is 5.75 Å². The molecule has 1 aliphatic heterocycles. The van der Waals surface area contributed by atoms with Gasteiger partial charge in [0.2, 0.25) is 0 Å². The molecule has 0 aromatic heterocycles. The van der Waals surface area contributed by atoms with Crippen LogP contribution in [0, 0.1) is 0 Å². The van der Waals surface area contributed by atoms with Crippen molar-refractivity contribution in [2.24, 2.45) is 0 Å². The topological polar surface area (TPSA) is 70.7 Å². The third-order valence-corrected chi connectivity index (χ3v) is 4.74. The second-order valence-electron chi connectivity index (χ2n) is 6.38. The molecule has 140 valence electrons. The summed E-state index contributed by atoms with van der Waals surface area (Å²) in [4.78, 5) is 26.7. The van der Waals surface area contributed by atoms with Crippen molar-refractivity contribution in [1.82, 2.24) is 15.5 Å². The van der Waals surface area contributed by atoms with Gasteiger partial charge in [-0.05, 0) is 30.2 Å². The number of urea groups is 1. The number of allylic oxidation sites excluding steroid dienone is 1. The number of ether oxygens (including phenoxy) is 1. The summed E-state index contributed by atoms with van der Waals surface area (Å²) in [6, 6.07) is 16.3. The van der Waals surface area contributed by atoms with Crippen LogP contribution in [0.25, 0.3) is 0 Å². The molecule has 1 heterocycles. The lowest BCUT2D eigenvalue weighted by Crippen LogP contribution is -2.47. The number of rotatable bonds is 5. The van der Waals surface area contributed by atoms with Crippen molar-refractivity contribution in [3.8, 4) is 5.75 Å². The standard InChI is InChI=1S/C21H23N3O3/c1-14-18(20(25)22-13-15-7-5-4-6-8-15)19(23-21(26)24(14)2)16-9-11-17(27-3)12-10-16/h4-12,19H,13H2,1-3H3,(H,22,25)(H,23,26). The summed E-state index contributed by atoms with van der Waals surface area (Å²) < 4.78 is 5.19. The van der Waals surface area contributed by atoms with Gasteiger partial charge in [-0.15, -0.1) is 0 Å². The van der Waals surface area contributed by atoms with Crippen molar-refractivity contribution in [1.29, 1.82) is 0 Å². The third-order valence-electron chi connectivity index (χ3n) is 4.74. The van der Waals surface area contributed by atoms with Crippen LogP contribution in [0.1, 0.15) is 24.1 Å². The fraction of sp³-hybridized carbons (Fsp3) is 0.238. The van der Waals surface area contributed by atoms with Crippen LogP contribution in [0.15, 0.2) is 65.9 Å². The Morgan fingerprint density at radius 3 is 2.44 bits per heavy atom. The van der Waals surface area contributed by atoms with Gasteiger partial charge in [-0.1, -0.05) is 42.5 Å². The molecule has 1 atom stereocenters. The summed E-state index contributed by atoms with van der Waals surface area (Å²) in [5, 5.41) is 5.86. The van der Waals surface area contributed by atoms with Crippen LogP contribution in [0.3, 0.4) is 0 Å². The first kappa shape index (κ1) is 18.5. The van der Waals surface area contributed by atoms with Crippen LogP contribution in [0.2, 0.25) is 0 Å². The van der Waals surface area contributed by atoms with Gasteiger partial charge >= 0.3 is 6.03 Å². The molecule has 6 heteroatoms. The van der Waals surface area contributed by atoms with Crippen molar-refractivity contribution >= 4 is 11.9 Å². The van der Waals surface area contributed by atoms with E-state index in [9.17, 15) is 9.59 Å². The molecule has 0 aliphatic carbocycles. The van der Waals surface area contributed by atoms with Crippen molar-refractivity contribution in [2.45, 2.75) is 19.5 Å². The smallest absolute Gasteiger partial charge is 0.322 e. The summed E-state index contributed by atoms with van der Waals surface area (Å²) in [7, 11) is 3.25. The number of carbonyl (C=O) groups is 2. The van der Waals surface area contributed by atoms with Gasteiger partial charge in [-0.3, -0.25) is 4.79 Å². The fourth-order valence-electron chi connectivity index (χ4n) is 3.05. The van der Waals surface area contributed by atoms with Crippen molar-refractivity contribution < 1.29 is 14.3 Å². The Hall–Kier alpha value is -3.28. The molecule has 2 aromatic rings. The highest BCUT2D eigenvalue weighted by Gasteiger charge is 2.33. The molecule has 6 nitrogen and oxygen atoms in total. The SMILES string of the molecule is COc1ccc(C2NC(=O)N(C)C(C)=C2C(=O)NCc2ccccc2)cc1. The number of nitrogens with zero attached hydrogens (tertiary/aromatic N) is 1. The maximum absolute atomic E-state index is 13.0. The first-order valence-electron chi connectivity index (χ1n) is 8.72. The molecule has 1 aliphatic rings. The number of benzene rings is 2. The van der Waals surface area contributed by atoms with E-state index in [-0.39, 0.29) is 11.9 Å². The Kier molecular flexibility index (Phi) is 5.45. The van der Waals surface area contributed by atoms with E-state index in [1.807, 2.05) is 54.6 Å². The van der Waals surface area contributed by atoms with Crippen LogP contribution in [0.4, 0.5) is 4.79 Å². The zero-order chi connectivity index (χ0) is 19.4. The quantitative estimate of drug-likeness (QED) is 0.856. The molecular formula is C21H23N3O3. The molecular weight excluding hydrogens is 342 g/mol. The van der Waals surface area contributed by atoms with Gasteiger partial charge in [0, 0.05) is 19.3 Å². The third kappa shape index (κ3) is 3.95. The Balaban J connectivity index is 1.88. The van der Waals surface area contributed by atoms with Crippen molar-refractivity contribution in [3.63, 3.8) is 0 Å². The second kappa shape index (κ2) is 7.95. The van der Waals surface area contributed by atoms with E-state index in [2.05, 4.69) is 10.6 Å². The maximum atomic E-state index is 13.0. The van der Waals surface area contributed by atoms with Gasteiger partial charge in [0.15, 0.2) is 0 Å². The Morgan fingerprint density at radius 2 is 1.81 bits per heavy atom. The summed E-state index contributed by atoms with van der Waals surface area (Å²) in [6.45, 7) is 2.20. The lowest BCUT2D eigenvalue weighted by atomic mass is 9.94. The minimum atomic E-state index is -0.518. The van der Waals surface area contributed by atoms with Gasteiger partial charge < -0.3 is 20.3 Å². The normalized spacial score (nSPS) is 16.8. The van der Waals surface area contributed by atoms with E-state index in [1.54, 1.807) is 21.1 Å². The van der Waals surface area contributed by atoms with Gasteiger partial charge in [0.05, 0.1) is 18.7 Å². The van der Waals surface area contributed by atoms with Crippen LogP contribution >= 0.6 is 0 Å². The first-order chi connectivity index (χ1) is 13.0. The van der Waals surface area contributed by atoms with Crippen LogP contribution < -0.4 is 15.4 Å². The molecule has 3 amide bonds. The molecule has 3 rings (SSSR count). The minimum absolute atomic E-state index is 0.205. The number of nitrogens with one attached hydrogen (secondary N) is 2. The number of methoxy groups -OCH3 is 1. The molecule has 2 aromatic carbocycles. The molecule has 0 bridgehead atoms. The second-order valence-corrected chi connectivity index (χ2v) is 6.38. The van der Waals surface area contributed by atoms with E-state index in [1.165, 1.54) is 4.90 Å². The van der Waals surface area contributed by atoms with E-state index in [4.69, 9.17) is 4.74 Å². The minimum Gasteiger partial charge on any atom is -0.497 e. The predicted octanol–water partition coefficient (Wildman–Crippen LogP) is 2.98. The molecule has 0 radical (unpaired) electrons. The van der Waals surface area contributed by atoms with E-state index < -0.39 is 6.04 Å². The summed E-state index contributed by atoms with van der Waals surface area (Å²) in [5.74, 6) is 0.512. The number of amides is 3. The molecule has 27 heavy (non-hydrogen) atoms. The highest BCUT2D eigenvalue weighted by atomic mass is 16.5.